The lowest BCUT2D eigenvalue weighted by atomic mass is 9.74. The van der Waals surface area contributed by atoms with Crippen LogP contribution >= 0.6 is 0 Å². The third kappa shape index (κ3) is 3.69. The molecule has 1 rings (SSSR count). The number of nitrogens with two attached hydrogens (primary N) is 1. The Bertz CT molecular complexity index is 282. The van der Waals surface area contributed by atoms with E-state index in [2.05, 4.69) is 51.7 Å². The molecule has 0 spiro atoms. The summed E-state index contributed by atoms with van der Waals surface area (Å²) < 4.78 is 0. The molecule has 1 fully saturated rings. The molecule has 3 N–H and O–H groups in total. The molecule has 0 aliphatic heterocycles. The molecule has 0 saturated heterocycles. The van der Waals surface area contributed by atoms with Gasteiger partial charge in [0, 0.05) is 24.2 Å². The van der Waals surface area contributed by atoms with Crippen LogP contribution in [-0.2, 0) is 0 Å². The maximum Gasteiger partial charge on any atom is 0.0602 e. The summed E-state index contributed by atoms with van der Waals surface area (Å²) in [6, 6.07) is -0.000728. The minimum Gasteiger partial charge on any atom is -0.395 e. The minimum atomic E-state index is -0.0261. The van der Waals surface area contributed by atoms with Crippen LogP contribution in [-0.4, -0.2) is 66.8 Å². The third-order valence-electron chi connectivity index (χ3n) is 4.94. The van der Waals surface area contributed by atoms with E-state index in [4.69, 9.17) is 5.73 Å². The molecule has 0 aromatic rings. The molecule has 1 saturated carbocycles. The summed E-state index contributed by atoms with van der Waals surface area (Å²) in [6.07, 6.45) is 3.79. The van der Waals surface area contributed by atoms with Gasteiger partial charge in [-0.15, -0.1) is 0 Å². The monoisotopic (exact) mass is 271 g/mol. The van der Waals surface area contributed by atoms with Crippen LogP contribution in [0, 0.1) is 5.41 Å². The molecule has 0 aromatic carbocycles. The van der Waals surface area contributed by atoms with Gasteiger partial charge in [0.2, 0.25) is 0 Å². The Morgan fingerprint density at radius 2 is 1.74 bits per heavy atom. The molecule has 1 aliphatic carbocycles. The van der Waals surface area contributed by atoms with Crippen molar-refractivity contribution in [3.05, 3.63) is 0 Å². The fourth-order valence-electron chi connectivity index (χ4n) is 3.02. The van der Waals surface area contributed by atoms with Gasteiger partial charge in [0.25, 0.3) is 0 Å². The first-order valence-electron chi connectivity index (χ1n) is 7.38. The molecule has 2 unspecified atom stereocenters. The first-order valence-corrected chi connectivity index (χ1v) is 7.38. The van der Waals surface area contributed by atoms with Crippen molar-refractivity contribution in [2.75, 3.05) is 34.3 Å². The minimum absolute atomic E-state index is 0.00650. The summed E-state index contributed by atoms with van der Waals surface area (Å²) in [5.74, 6) is 0. The van der Waals surface area contributed by atoms with Gasteiger partial charge >= 0.3 is 0 Å². The number of rotatable bonds is 6. The summed E-state index contributed by atoms with van der Waals surface area (Å²) in [4.78, 5) is 4.60. The highest BCUT2D eigenvalue weighted by atomic mass is 16.3. The Morgan fingerprint density at radius 1 is 1.21 bits per heavy atom. The molecule has 19 heavy (non-hydrogen) atoms. The topological polar surface area (TPSA) is 52.7 Å². The van der Waals surface area contributed by atoms with E-state index in [0.717, 1.165) is 6.54 Å². The second kappa shape index (κ2) is 6.08. The van der Waals surface area contributed by atoms with Gasteiger partial charge in [-0.1, -0.05) is 20.8 Å². The Labute approximate surface area is 118 Å². The van der Waals surface area contributed by atoms with Crippen LogP contribution < -0.4 is 5.73 Å². The third-order valence-corrected chi connectivity index (χ3v) is 4.94. The Hall–Kier alpha value is -0.160. The average molecular weight is 271 g/mol. The molecule has 0 radical (unpaired) electrons. The fraction of sp³-hybridized carbons (Fsp3) is 1.00. The second-order valence-corrected chi connectivity index (χ2v) is 7.53. The maximum absolute atomic E-state index is 9.72. The molecular weight excluding hydrogens is 238 g/mol. The Kier molecular flexibility index (Phi) is 5.41. The van der Waals surface area contributed by atoms with Gasteiger partial charge in [-0.3, -0.25) is 4.90 Å². The first kappa shape index (κ1) is 16.9. The zero-order valence-corrected chi connectivity index (χ0v) is 13.6. The van der Waals surface area contributed by atoms with Gasteiger partial charge in [-0.25, -0.2) is 0 Å². The van der Waals surface area contributed by atoms with E-state index < -0.39 is 0 Å². The molecule has 0 bridgehead atoms. The van der Waals surface area contributed by atoms with Crippen molar-refractivity contribution in [3.63, 3.8) is 0 Å². The predicted octanol–water partition coefficient (Wildman–Crippen LogP) is 1.14. The summed E-state index contributed by atoms with van der Waals surface area (Å²) in [6.45, 7) is 7.52. The van der Waals surface area contributed by atoms with Gasteiger partial charge in [0.15, 0.2) is 0 Å². The lowest BCUT2D eigenvalue weighted by Gasteiger charge is -2.51. The van der Waals surface area contributed by atoms with E-state index in [1.165, 1.54) is 19.3 Å². The maximum atomic E-state index is 9.72. The predicted molar refractivity (Wildman–Crippen MR) is 81.2 cm³/mol. The number of likely N-dealkylation sites (N-methyl/N-ethyl adjacent to an activating group) is 2. The molecule has 4 heteroatoms. The van der Waals surface area contributed by atoms with Crippen molar-refractivity contribution >= 4 is 0 Å². The summed E-state index contributed by atoms with van der Waals surface area (Å²) in [5.41, 5.74) is 6.63. The van der Waals surface area contributed by atoms with Crippen molar-refractivity contribution in [1.82, 2.24) is 9.80 Å². The van der Waals surface area contributed by atoms with Crippen molar-refractivity contribution in [2.45, 2.75) is 57.7 Å². The normalized spacial score (nSPS) is 22.4. The van der Waals surface area contributed by atoms with E-state index in [1.54, 1.807) is 0 Å². The van der Waals surface area contributed by atoms with Crippen molar-refractivity contribution in [3.8, 4) is 0 Å². The average Bonchev–Trinajstić information content (AvgIpc) is 2.22. The highest BCUT2D eigenvalue weighted by molar-refractivity contribution is 5.00. The smallest absolute Gasteiger partial charge is 0.0602 e. The number of aliphatic hydroxyl groups is 1. The number of hydrogen-bond acceptors (Lipinski definition) is 4. The van der Waals surface area contributed by atoms with Crippen LogP contribution in [0.3, 0.4) is 0 Å². The summed E-state index contributed by atoms with van der Waals surface area (Å²) in [7, 11) is 6.41. The number of aliphatic hydroxyl groups excluding tert-OH is 1. The van der Waals surface area contributed by atoms with Crippen molar-refractivity contribution in [1.29, 1.82) is 0 Å². The molecular formula is C15H33N3O. The lowest BCUT2D eigenvalue weighted by molar-refractivity contribution is -0.00484. The van der Waals surface area contributed by atoms with Gasteiger partial charge in [-0.2, -0.15) is 0 Å². The second-order valence-electron chi connectivity index (χ2n) is 7.53. The highest BCUT2D eigenvalue weighted by Crippen LogP contribution is 2.37. The SMILES string of the molecule is CN(CC1(N(C)C)CCC1)C(CO)C(N)C(C)(C)C. The van der Waals surface area contributed by atoms with Crippen LogP contribution in [0.1, 0.15) is 40.0 Å². The number of nitrogens with zero attached hydrogens (tertiary/aromatic N) is 2. The quantitative estimate of drug-likeness (QED) is 0.760. The Morgan fingerprint density at radius 3 is 2.00 bits per heavy atom. The molecule has 0 aromatic heterocycles. The molecule has 0 heterocycles. The molecule has 114 valence electrons. The van der Waals surface area contributed by atoms with Crippen molar-refractivity contribution in [2.24, 2.45) is 11.1 Å². The molecule has 2 atom stereocenters. The van der Waals surface area contributed by atoms with E-state index in [1.807, 2.05) is 0 Å². The zero-order valence-electron chi connectivity index (χ0n) is 13.6. The van der Waals surface area contributed by atoms with Gasteiger partial charge in [0.05, 0.1) is 6.61 Å². The van der Waals surface area contributed by atoms with E-state index in [9.17, 15) is 5.11 Å². The largest absolute Gasteiger partial charge is 0.395 e. The van der Waals surface area contributed by atoms with Crippen LogP contribution in [0.15, 0.2) is 0 Å². The highest BCUT2D eigenvalue weighted by Gasteiger charge is 2.42. The summed E-state index contributed by atoms with van der Waals surface area (Å²) >= 11 is 0. The standard InChI is InChI=1S/C15H33N3O/c1-14(2,3)13(16)12(10-19)18(6)11-15(17(4)5)8-7-9-15/h12-13,19H,7-11,16H2,1-6H3. The molecule has 0 amide bonds. The van der Waals surface area contributed by atoms with Gasteiger partial charge in [0.1, 0.15) is 0 Å². The van der Waals surface area contributed by atoms with Crippen LogP contribution in [0.5, 0.6) is 0 Å². The van der Waals surface area contributed by atoms with Gasteiger partial charge < -0.3 is 15.7 Å². The van der Waals surface area contributed by atoms with Crippen molar-refractivity contribution < 1.29 is 5.11 Å². The molecule has 4 nitrogen and oxygen atoms in total. The van der Waals surface area contributed by atoms with Crippen LogP contribution in [0.25, 0.3) is 0 Å². The van der Waals surface area contributed by atoms with Gasteiger partial charge in [-0.05, 0) is 45.8 Å². The zero-order chi connectivity index (χ0) is 14.8. The first-order chi connectivity index (χ1) is 8.64. The Balaban J connectivity index is 2.71. The lowest BCUT2D eigenvalue weighted by Crippen LogP contribution is -2.62. The fourth-order valence-corrected chi connectivity index (χ4v) is 3.02. The van der Waals surface area contributed by atoms with E-state index in [-0.39, 0.29) is 29.6 Å². The van der Waals surface area contributed by atoms with E-state index in [0.29, 0.717) is 0 Å². The molecule has 1 aliphatic rings. The summed E-state index contributed by atoms with van der Waals surface area (Å²) in [5, 5.41) is 9.72. The van der Waals surface area contributed by atoms with E-state index >= 15 is 0 Å². The van der Waals surface area contributed by atoms with Crippen LogP contribution in [0.4, 0.5) is 0 Å². The number of hydrogen-bond donors (Lipinski definition) is 2. The van der Waals surface area contributed by atoms with Crippen LogP contribution in [0.2, 0.25) is 0 Å².